The van der Waals surface area contributed by atoms with Crippen LogP contribution in [0.5, 0.6) is 0 Å². The zero-order chi connectivity index (χ0) is 17.1. The van der Waals surface area contributed by atoms with Crippen LogP contribution in [0.1, 0.15) is 20.8 Å². The molecule has 2 amide bonds. The summed E-state index contributed by atoms with van der Waals surface area (Å²) in [7, 11) is 0. The Morgan fingerprint density at radius 3 is 2.04 bits per heavy atom. The van der Waals surface area contributed by atoms with E-state index >= 15 is 0 Å². The van der Waals surface area contributed by atoms with Crippen LogP contribution in [0.2, 0.25) is 0 Å². The van der Waals surface area contributed by atoms with E-state index in [1.165, 1.54) is 24.3 Å². The average molecular weight is 328 g/mol. The third-order valence-electron chi connectivity index (χ3n) is 4.01. The van der Waals surface area contributed by atoms with Crippen LogP contribution in [0, 0.1) is 10.1 Å². The Bertz CT molecular complexity index is 747. The highest BCUT2D eigenvalue weighted by atomic mass is 16.6. The fraction of sp³-hybridized carbons (Fsp3) is 0.250. The maximum Gasteiger partial charge on any atom is 0.270 e. The summed E-state index contributed by atoms with van der Waals surface area (Å²) in [6.45, 7) is 1.78. The van der Waals surface area contributed by atoms with Crippen molar-refractivity contribution in [3.63, 3.8) is 0 Å². The Labute approximate surface area is 137 Å². The smallest absolute Gasteiger partial charge is 0.270 e. The summed E-state index contributed by atoms with van der Waals surface area (Å²) < 4.78 is 0. The lowest BCUT2D eigenvalue weighted by Crippen LogP contribution is -2.50. The van der Waals surface area contributed by atoms with Gasteiger partial charge >= 0.3 is 0 Å². The van der Waals surface area contributed by atoms with Gasteiger partial charge in [0.15, 0.2) is 0 Å². The van der Waals surface area contributed by atoms with Crippen molar-refractivity contribution in [3.8, 4) is 0 Å². The minimum atomic E-state index is -0.501. The summed E-state index contributed by atoms with van der Waals surface area (Å²) in [4.78, 5) is 41.1. The van der Waals surface area contributed by atoms with Gasteiger partial charge in [0.25, 0.3) is 17.5 Å². The molecule has 1 aliphatic heterocycles. The second-order valence-corrected chi connectivity index (χ2v) is 5.47. The lowest BCUT2D eigenvalue weighted by atomic mass is 10.1. The number of hydrogen-bond acceptors (Lipinski definition) is 4. The lowest BCUT2D eigenvalue weighted by molar-refractivity contribution is -0.384. The third-order valence-corrected chi connectivity index (χ3v) is 4.01. The van der Waals surface area contributed by atoms with Crippen LogP contribution >= 0.6 is 0 Å². The van der Waals surface area contributed by atoms with Crippen LogP contribution in [-0.2, 0) is 0 Å². The molecular formula is C16H16N4O4. The first-order chi connectivity index (χ1) is 11.6. The van der Waals surface area contributed by atoms with Gasteiger partial charge in [-0.15, -0.1) is 0 Å². The first-order valence-electron chi connectivity index (χ1n) is 7.52. The van der Waals surface area contributed by atoms with Gasteiger partial charge in [0, 0.05) is 50.1 Å². The van der Waals surface area contributed by atoms with E-state index in [-0.39, 0.29) is 17.5 Å². The average Bonchev–Trinajstić information content (AvgIpc) is 3.15. The molecular weight excluding hydrogens is 312 g/mol. The highest BCUT2D eigenvalue weighted by Gasteiger charge is 2.26. The normalized spacial score (nSPS) is 14.5. The molecule has 1 aromatic carbocycles. The quantitative estimate of drug-likeness (QED) is 0.682. The van der Waals surface area contributed by atoms with Crippen LogP contribution in [0.25, 0.3) is 0 Å². The second-order valence-electron chi connectivity index (χ2n) is 5.47. The van der Waals surface area contributed by atoms with E-state index in [2.05, 4.69) is 4.98 Å². The summed E-state index contributed by atoms with van der Waals surface area (Å²) in [6.07, 6.45) is 1.70. The molecule has 0 atom stereocenters. The van der Waals surface area contributed by atoms with E-state index in [1.54, 1.807) is 28.1 Å². The molecule has 24 heavy (non-hydrogen) atoms. The molecule has 0 radical (unpaired) electrons. The van der Waals surface area contributed by atoms with Crippen molar-refractivity contribution in [2.45, 2.75) is 0 Å². The first kappa shape index (κ1) is 15.7. The van der Waals surface area contributed by atoms with Crippen LogP contribution < -0.4 is 0 Å². The van der Waals surface area contributed by atoms with E-state index in [0.29, 0.717) is 37.4 Å². The number of piperazine rings is 1. The number of non-ortho nitro benzene ring substituents is 1. The number of nitrogens with one attached hydrogen (secondary N) is 1. The number of nitrogens with zero attached hydrogens (tertiary/aromatic N) is 3. The topological polar surface area (TPSA) is 99.5 Å². The molecule has 0 bridgehead atoms. The largest absolute Gasteiger partial charge is 0.357 e. The molecule has 0 aliphatic carbocycles. The zero-order valence-electron chi connectivity index (χ0n) is 12.8. The standard InChI is InChI=1S/C16H16N4O4/c21-15(12-3-5-13(6-4-12)20(23)24)18-8-10-19(11-9-18)16(22)14-2-1-7-17-14/h1-7,17H,8-11H2. The van der Waals surface area contributed by atoms with E-state index in [1.807, 2.05) is 0 Å². The molecule has 2 heterocycles. The summed E-state index contributed by atoms with van der Waals surface area (Å²) in [5, 5.41) is 10.7. The molecule has 0 saturated carbocycles. The first-order valence-corrected chi connectivity index (χ1v) is 7.52. The van der Waals surface area contributed by atoms with Crippen molar-refractivity contribution in [1.82, 2.24) is 14.8 Å². The van der Waals surface area contributed by atoms with E-state index in [4.69, 9.17) is 0 Å². The van der Waals surface area contributed by atoms with E-state index < -0.39 is 4.92 Å². The number of aromatic nitrogens is 1. The monoisotopic (exact) mass is 328 g/mol. The van der Waals surface area contributed by atoms with Crippen LogP contribution in [0.4, 0.5) is 5.69 Å². The fourth-order valence-electron chi connectivity index (χ4n) is 2.65. The molecule has 1 N–H and O–H groups in total. The number of carbonyl (C=O) groups is 2. The van der Waals surface area contributed by atoms with Crippen molar-refractivity contribution in [2.24, 2.45) is 0 Å². The molecule has 1 saturated heterocycles. The molecule has 3 rings (SSSR count). The van der Waals surface area contributed by atoms with Gasteiger partial charge in [0.1, 0.15) is 5.69 Å². The Balaban J connectivity index is 1.60. The number of benzene rings is 1. The minimum absolute atomic E-state index is 0.0482. The van der Waals surface area contributed by atoms with Gasteiger partial charge in [-0.25, -0.2) is 0 Å². The molecule has 1 aliphatic rings. The molecule has 1 fully saturated rings. The van der Waals surface area contributed by atoms with Gasteiger partial charge < -0.3 is 14.8 Å². The number of aromatic amines is 1. The number of nitro benzene ring substituents is 1. The Hall–Kier alpha value is -3.16. The number of hydrogen-bond donors (Lipinski definition) is 1. The van der Waals surface area contributed by atoms with E-state index in [9.17, 15) is 19.7 Å². The summed E-state index contributed by atoms with van der Waals surface area (Å²) in [5.41, 5.74) is 0.891. The van der Waals surface area contributed by atoms with Gasteiger partial charge in [0.2, 0.25) is 0 Å². The van der Waals surface area contributed by atoms with Crippen LogP contribution in [0.3, 0.4) is 0 Å². The third kappa shape index (κ3) is 3.12. The van der Waals surface area contributed by atoms with Crippen molar-refractivity contribution in [1.29, 1.82) is 0 Å². The Morgan fingerprint density at radius 2 is 1.54 bits per heavy atom. The minimum Gasteiger partial charge on any atom is -0.357 e. The predicted molar refractivity (Wildman–Crippen MR) is 85.7 cm³/mol. The van der Waals surface area contributed by atoms with Gasteiger partial charge in [-0.2, -0.15) is 0 Å². The SMILES string of the molecule is O=C(c1ccc([N+](=O)[O-])cc1)N1CCN(C(=O)c2ccc[nH]2)CC1. The fourth-order valence-corrected chi connectivity index (χ4v) is 2.65. The maximum atomic E-state index is 12.4. The molecule has 2 aromatic rings. The van der Waals surface area contributed by atoms with Gasteiger partial charge in [-0.3, -0.25) is 19.7 Å². The van der Waals surface area contributed by atoms with Gasteiger partial charge in [-0.1, -0.05) is 0 Å². The molecule has 8 heteroatoms. The van der Waals surface area contributed by atoms with Gasteiger partial charge in [-0.05, 0) is 24.3 Å². The Morgan fingerprint density at radius 1 is 0.958 bits per heavy atom. The van der Waals surface area contributed by atoms with Crippen LogP contribution in [0.15, 0.2) is 42.6 Å². The van der Waals surface area contributed by atoms with Crippen molar-refractivity contribution in [2.75, 3.05) is 26.2 Å². The number of carbonyl (C=O) groups excluding carboxylic acids is 2. The number of rotatable bonds is 3. The molecule has 0 spiro atoms. The Kier molecular flexibility index (Phi) is 4.28. The highest BCUT2D eigenvalue weighted by Crippen LogP contribution is 2.15. The zero-order valence-corrected chi connectivity index (χ0v) is 12.8. The second kappa shape index (κ2) is 6.53. The molecule has 0 unspecified atom stereocenters. The van der Waals surface area contributed by atoms with Gasteiger partial charge in [0.05, 0.1) is 4.92 Å². The molecule has 124 valence electrons. The van der Waals surface area contributed by atoms with E-state index in [0.717, 1.165) is 0 Å². The number of amides is 2. The summed E-state index contributed by atoms with van der Waals surface area (Å²) >= 11 is 0. The number of H-pyrrole nitrogens is 1. The summed E-state index contributed by atoms with van der Waals surface area (Å²) in [5.74, 6) is -0.265. The maximum absolute atomic E-state index is 12.4. The molecule has 8 nitrogen and oxygen atoms in total. The van der Waals surface area contributed by atoms with Crippen LogP contribution in [-0.4, -0.2) is 57.7 Å². The van der Waals surface area contributed by atoms with Crippen molar-refractivity contribution >= 4 is 17.5 Å². The summed E-state index contributed by atoms with van der Waals surface area (Å²) in [6, 6.07) is 9.03. The van der Waals surface area contributed by atoms with Crippen molar-refractivity contribution in [3.05, 3.63) is 64.0 Å². The highest BCUT2D eigenvalue weighted by molar-refractivity contribution is 5.95. The molecule has 1 aromatic heterocycles. The number of nitro groups is 1. The predicted octanol–water partition coefficient (Wildman–Crippen LogP) is 1.52. The van der Waals surface area contributed by atoms with Crippen molar-refractivity contribution < 1.29 is 14.5 Å². The lowest BCUT2D eigenvalue weighted by Gasteiger charge is -2.34.